The van der Waals surface area contributed by atoms with E-state index < -0.39 is 5.41 Å². The summed E-state index contributed by atoms with van der Waals surface area (Å²) in [6, 6.07) is 4.05. The number of hydrogen-bond donors (Lipinski definition) is 0. The zero-order chi connectivity index (χ0) is 17.3. The maximum absolute atomic E-state index is 12.1. The summed E-state index contributed by atoms with van der Waals surface area (Å²) in [6.45, 7) is 1.79. The van der Waals surface area contributed by atoms with Crippen LogP contribution in [0, 0.1) is 5.41 Å². The van der Waals surface area contributed by atoms with Crippen LogP contribution in [0.1, 0.15) is 50.2 Å². The third-order valence-corrected chi connectivity index (χ3v) is 5.41. The highest BCUT2D eigenvalue weighted by Gasteiger charge is 2.44. The lowest BCUT2D eigenvalue weighted by atomic mass is 9.80. The van der Waals surface area contributed by atoms with E-state index in [1.807, 2.05) is 12.1 Å². The lowest BCUT2D eigenvalue weighted by molar-refractivity contribution is -0.133. The molecule has 0 N–H and O–H groups in total. The first-order valence-corrected chi connectivity index (χ1v) is 8.50. The third kappa shape index (κ3) is 2.74. The number of ketones is 2. The number of Topliss-reactive ketones (excluding diaryl/α,β-unsaturated/α-hetero) is 2. The highest BCUT2D eigenvalue weighted by atomic mass is 16.5. The van der Waals surface area contributed by atoms with E-state index >= 15 is 0 Å². The Hall–Kier alpha value is -2.10. The number of aryl methyl sites for hydroxylation is 1. The Labute approximate surface area is 142 Å². The summed E-state index contributed by atoms with van der Waals surface area (Å²) in [5.74, 6) is 1.61. The summed E-state index contributed by atoms with van der Waals surface area (Å²) in [7, 11) is 3.27. The topological polar surface area (TPSA) is 52.6 Å². The Morgan fingerprint density at radius 2 is 1.62 bits per heavy atom. The van der Waals surface area contributed by atoms with Gasteiger partial charge in [-0.3, -0.25) is 9.59 Å². The molecule has 1 saturated carbocycles. The highest BCUT2D eigenvalue weighted by molar-refractivity contribution is 6.12. The minimum Gasteiger partial charge on any atom is -0.493 e. The molecule has 0 spiro atoms. The van der Waals surface area contributed by atoms with Crippen molar-refractivity contribution in [3.05, 3.63) is 29.3 Å². The van der Waals surface area contributed by atoms with Crippen molar-refractivity contribution in [3.63, 3.8) is 0 Å². The SMILES string of the molecule is COc1cc2c(cc1OC)C(=CCC1(C)C(=O)CCC1=O)CCC2. The van der Waals surface area contributed by atoms with Crippen molar-refractivity contribution in [3.8, 4) is 11.5 Å². The normalized spacial score (nSPS) is 21.0. The van der Waals surface area contributed by atoms with Crippen LogP contribution < -0.4 is 9.47 Å². The summed E-state index contributed by atoms with van der Waals surface area (Å²) < 4.78 is 10.8. The van der Waals surface area contributed by atoms with Gasteiger partial charge in [0.1, 0.15) is 11.6 Å². The Kier molecular flexibility index (Phi) is 4.48. The Bertz CT molecular complexity index is 699. The second-order valence-corrected chi connectivity index (χ2v) is 6.83. The van der Waals surface area contributed by atoms with Crippen LogP contribution in [0.25, 0.3) is 5.57 Å². The number of rotatable bonds is 4. The minimum atomic E-state index is -0.832. The molecule has 0 amide bonds. The van der Waals surface area contributed by atoms with Crippen molar-refractivity contribution in [1.29, 1.82) is 0 Å². The van der Waals surface area contributed by atoms with Crippen molar-refractivity contribution in [1.82, 2.24) is 0 Å². The van der Waals surface area contributed by atoms with Gasteiger partial charge < -0.3 is 9.47 Å². The van der Waals surface area contributed by atoms with Crippen LogP contribution in [0.5, 0.6) is 11.5 Å². The largest absolute Gasteiger partial charge is 0.493 e. The quantitative estimate of drug-likeness (QED) is 0.790. The number of carbonyl (C=O) groups is 2. The van der Waals surface area contributed by atoms with Crippen LogP contribution in [-0.2, 0) is 16.0 Å². The van der Waals surface area contributed by atoms with E-state index in [1.165, 1.54) is 11.1 Å². The van der Waals surface area contributed by atoms with Gasteiger partial charge in [0.25, 0.3) is 0 Å². The van der Waals surface area contributed by atoms with Crippen LogP contribution in [0.15, 0.2) is 18.2 Å². The fraction of sp³-hybridized carbons (Fsp3) is 0.500. The molecule has 0 aromatic heterocycles. The number of hydrogen-bond acceptors (Lipinski definition) is 4. The summed E-state index contributed by atoms with van der Waals surface area (Å²) in [5, 5.41) is 0. The standard InChI is InChI=1S/C20H24O4/c1-20(18(21)7-8-19(20)22)10-9-13-5-4-6-14-11-16(23-2)17(24-3)12-15(13)14/h9,11-12H,4-8,10H2,1-3H3. The van der Waals surface area contributed by atoms with Gasteiger partial charge in [-0.05, 0) is 61.4 Å². The van der Waals surface area contributed by atoms with E-state index in [4.69, 9.17) is 9.47 Å². The van der Waals surface area contributed by atoms with Gasteiger partial charge in [0.2, 0.25) is 0 Å². The average molecular weight is 328 g/mol. The Balaban J connectivity index is 1.94. The molecule has 1 aromatic carbocycles. The molecule has 24 heavy (non-hydrogen) atoms. The second-order valence-electron chi connectivity index (χ2n) is 6.83. The highest BCUT2D eigenvalue weighted by Crippen LogP contribution is 2.41. The number of fused-ring (bicyclic) bond motifs is 1. The van der Waals surface area contributed by atoms with Crippen molar-refractivity contribution in [2.45, 2.75) is 45.4 Å². The fourth-order valence-electron chi connectivity index (χ4n) is 3.73. The molecular formula is C20H24O4. The van der Waals surface area contributed by atoms with Crippen molar-refractivity contribution >= 4 is 17.1 Å². The second kappa shape index (κ2) is 6.42. The number of carbonyl (C=O) groups excluding carboxylic acids is 2. The van der Waals surface area contributed by atoms with Crippen LogP contribution in [0.2, 0.25) is 0 Å². The first kappa shape index (κ1) is 16.7. The van der Waals surface area contributed by atoms with Gasteiger partial charge in [-0.25, -0.2) is 0 Å². The summed E-state index contributed by atoms with van der Waals surface area (Å²) in [4.78, 5) is 24.2. The van der Waals surface area contributed by atoms with Gasteiger partial charge in [0.05, 0.1) is 19.6 Å². The molecule has 3 rings (SSSR count). The van der Waals surface area contributed by atoms with Crippen molar-refractivity contribution < 1.29 is 19.1 Å². The smallest absolute Gasteiger partial charge is 0.161 e. The van der Waals surface area contributed by atoms with Gasteiger partial charge in [0.15, 0.2) is 11.5 Å². The molecule has 0 bridgehead atoms. The van der Waals surface area contributed by atoms with Crippen LogP contribution >= 0.6 is 0 Å². The van der Waals surface area contributed by atoms with E-state index in [0.717, 1.165) is 30.6 Å². The zero-order valence-electron chi connectivity index (χ0n) is 14.6. The minimum absolute atomic E-state index is 0.0766. The summed E-state index contributed by atoms with van der Waals surface area (Å²) >= 11 is 0. The number of allylic oxidation sites excluding steroid dienone is 2. The maximum Gasteiger partial charge on any atom is 0.161 e. The van der Waals surface area contributed by atoms with Gasteiger partial charge >= 0.3 is 0 Å². The molecule has 4 heteroatoms. The van der Waals surface area contributed by atoms with Crippen LogP contribution in [-0.4, -0.2) is 25.8 Å². The molecule has 2 aliphatic carbocycles. The molecule has 0 radical (unpaired) electrons. The molecule has 4 nitrogen and oxygen atoms in total. The van der Waals surface area contributed by atoms with E-state index in [0.29, 0.717) is 25.0 Å². The number of methoxy groups -OCH3 is 2. The van der Waals surface area contributed by atoms with Crippen molar-refractivity contribution in [2.75, 3.05) is 14.2 Å². The first-order chi connectivity index (χ1) is 11.5. The molecule has 1 aromatic rings. The molecule has 1 fully saturated rings. The molecule has 2 aliphatic rings. The van der Waals surface area contributed by atoms with E-state index in [1.54, 1.807) is 21.1 Å². The van der Waals surface area contributed by atoms with E-state index in [-0.39, 0.29) is 11.6 Å². The van der Waals surface area contributed by atoms with E-state index in [9.17, 15) is 9.59 Å². The van der Waals surface area contributed by atoms with Crippen LogP contribution in [0.4, 0.5) is 0 Å². The Morgan fingerprint density at radius 1 is 1.00 bits per heavy atom. The third-order valence-electron chi connectivity index (χ3n) is 5.41. The lowest BCUT2D eigenvalue weighted by Gasteiger charge is -2.23. The van der Waals surface area contributed by atoms with Gasteiger partial charge in [-0.2, -0.15) is 0 Å². The molecule has 0 unspecified atom stereocenters. The number of benzene rings is 1. The van der Waals surface area contributed by atoms with Crippen molar-refractivity contribution in [2.24, 2.45) is 5.41 Å². The summed E-state index contributed by atoms with van der Waals surface area (Å²) in [5.41, 5.74) is 2.76. The van der Waals surface area contributed by atoms with Gasteiger partial charge in [0, 0.05) is 12.8 Å². The fourth-order valence-corrected chi connectivity index (χ4v) is 3.73. The van der Waals surface area contributed by atoms with E-state index in [2.05, 4.69) is 6.08 Å². The molecule has 0 atom stereocenters. The molecule has 0 aliphatic heterocycles. The number of ether oxygens (including phenoxy) is 2. The zero-order valence-corrected chi connectivity index (χ0v) is 14.6. The van der Waals surface area contributed by atoms with Gasteiger partial charge in [-0.1, -0.05) is 6.08 Å². The first-order valence-electron chi connectivity index (χ1n) is 8.50. The molecular weight excluding hydrogens is 304 g/mol. The average Bonchev–Trinajstić information content (AvgIpc) is 2.86. The summed E-state index contributed by atoms with van der Waals surface area (Å²) in [6.07, 6.45) is 6.38. The molecule has 128 valence electrons. The molecule has 0 saturated heterocycles. The van der Waals surface area contributed by atoms with Gasteiger partial charge in [-0.15, -0.1) is 0 Å². The maximum atomic E-state index is 12.1. The molecule has 0 heterocycles. The Morgan fingerprint density at radius 3 is 2.25 bits per heavy atom. The van der Waals surface area contributed by atoms with Crippen LogP contribution in [0.3, 0.4) is 0 Å². The predicted molar refractivity (Wildman–Crippen MR) is 92.4 cm³/mol. The monoisotopic (exact) mass is 328 g/mol. The lowest BCUT2D eigenvalue weighted by Crippen LogP contribution is -2.28. The predicted octanol–water partition coefficient (Wildman–Crippen LogP) is 3.75.